The van der Waals surface area contributed by atoms with Gasteiger partial charge >= 0.3 is 0 Å². The molecule has 1 amide bonds. The highest BCUT2D eigenvalue weighted by atomic mass is 16.3. The Balaban J connectivity index is 2.19. The summed E-state index contributed by atoms with van der Waals surface area (Å²) >= 11 is 0. The molecule has 3 N–H and O–H groups in total. The lowest BCUT2D eigenvalue weighted by molar-refractivity contribution is 0.0916. The van der Waals surface area contributed by atoms with Crippen LogP contribution in [0.4, 0.5) is 0 Å². The van der Waals surface area contributed by atoms with Gasteiger partial charge in [-0.2, -0.15) is 0 Å². The molecular weight excluding hydrogens is 292 g/mol. The van der Waals surface area contributed by atoms with Crippen molar-refractivity contribution in [2.75, 3.05) is 6.61 Å². The van der Waals surface area contributed by atoms with E-state index in [1.165, 1.54) is 6.07 Å². The molecule has 0 bridgehead atoms. The Labute approximate surface area is 135 Å². The molecular formula is C18H22N2O3. The zero-order valence-electron chi connectivity index (χ0n) is 13.4. The molecule has 1 aromatic heterocycles. The van der Waals surface area contributed by atoms with E-state index < -0.39 is 6.04 Å². The molecule has 1 heterocycles. The highest BCUT2D eigenvalue weighted by Gasteiger charge is 2.16. The number of aromatic nitrogens is 1. The van der Waals surface area contributed by atoms with E-state index in [0.29, 0.717) is 17.9 Å². The molecule has 23 heavy (non-hydrogen) atoms. The topological polar surface area (TPSA) is 82.2 Å². The summed E-state index contributed by atoms with van der Waals surface area (Å²) in [5.74, 6) is 0.00230. The number of rotatable bonds is 6. The minimum absolute atomic E-state index is 0.211. The number of hydrogen-bond donors (Lipinski definition) is 3. The second-order valence-electron chi connectivity index (χ2n) is 5.98. The van der Waals surface area contributed by atoms with Gasteiger partial charge in [0, 0.05) is 17.3 Å². The summed E-state index contributed by atoms with van der Waals surface area (Å²) in [6.45, 7) is 3.88. The maximum absolute atomic E-state index is 12.4. The highest BCUT2D eigenvalue weighted by molar-refractivity contribution is 5.94. The van der Waals surface area contributed by atoms with Crippen LogP contribution in [0.2, 0.25) is 0 Å². The Hall–Kier alpha value is -2.40. The molecule has 0 aliphatic rings. The van der Waals surface area contributed by atoms with Crippen molar-refractivity contribution in [3.63, 3.8) is 0 Å². The Morgan fingerprint density at radius 1 is 1.22 bits per heavy atom. The molecule has 0 fully saturated rings. The van der Waals surface area contributed by atoms with Crippen LogP contribution < -0.4 is 10.9 Å². The smallest absolute Gasteiger partial charge is 0.252 e. The summed E-state index contributed by atoms with van der Waals surface area (Å²) in [6, 6.07) is 11.7. The van der Waals surface area contributed by atoms with E-state index in [0.717, 1.165) is 11.3 Å². The standard InChI is InChI=1S/C18H22N2O3/c1-12(2)8-15-9-14(10-17(22)19-15)18(23)20-16(11-21)13-6-4-3-5-7-13/h3-7,9-10,12,16,21H,8,11H2,1-2H3,(H,19,22)(H,20,23). The van der Waals surface area contributed by atoms with Crippen LogP contribution in [0.15, 0.2) is 47.3 Å². The number of benzene rings is 1. The summed E-state index contributed by atoms with van der Waals surface area (Å²) in [6.07, 6.45) is 0.693. The Bertz CT molecular complexity index is 708. The van der Waals surface area contributed by atoms with Gasteiger partial charge in [0.25, 0.3) is 5.91 Å². The van der Waals surface area contributed by atoms with Crippen LogP contribution in [-0.4, -0.2) is 22.6 Å². The zero-order chi connectivity index (χ0) is 16.8. The molecule has 0 radical (unpaired) electrons. The number of amides is 1. The van der Waals surface area contributed by atoms with Gasteiger partial charge in [0.1, 0.15) is 0 Å². The lowest BCUT2D eigenvalue weighted by Gasteiger charge is -2.17. The van der Waals surface area contributed by atoms with Gasteiger partial charge < -0.3 is 15.4 Å². The van der Waals surface area contributed by atoms with Gasteiger partial charge in [-0.25, -0.2) is 0 Å². The molecule has 0 saturated heterocycles. The van der Waals surface area contributed by atoms with Crippen molar-refractivity contribution >= 4 is 5.91 Å². The lowest BCUT2D eigenvalue weighted by Crippen LogP contribution is -2.31. The van der Waals surface area contributed by atoms with Crippen molar-refractivity contribution in [2.24, 2.45) is 5.92 Å². The molecule has 2 rings (SSSR count). The van der Waals surface area contributed by atoms with Gasteiger partial charge in [0.2, 0.25) is 5.56 Å². The van der Waals surface area contributed by atoms with E-state index >= 15 is 0 Å². The fourth-order valence-corrected chi connectivity index (χ4v) is 2.44. The van der Waals surface area contributed by atoms with E-state index in [4.69, 9.17) is 0 Å². The summed E-state index contributed by atoms with van der Waals surface area (Å²) in [5, 5.41) is 12.3. The summed E-state index contributed by atoms with van der Waals surface area (Å²) in [7, 11) is 0. The van der Waals surface area contributed by atoms with Crippen LogP contribution in [0, 0.1) is 5.92 Å². The predicted octanol–water partition coefficient (Wildman–Crippen LogP) is 2.04. The van der Waals surface area contributed by atoms with E-state index in [2.05, 4.69) is 10.3 Å². The van der Waals surface area contributed by atoms with Gasteiger partial charge in [0.05, 0.1) is 12.6 Å². The van der Waals surface area contributed by atoms with Crippen LogP contribution in [-0.2, 0) is 6.42 Å². The maximum Gasteiger partial charge on any atom is 0.252 e. The van der Waals surface area contributed by atoms with Crippen molar-refractivity contribution in [3.05, 3.63) is 69.6 Å². The summed E-state index contributed by atoms with van der Waals surface area (Å²) in [5.41, 5.74) is 1.56. The Kier molecular flexibility index (Phi) is 5.71. The maximum atomic E-state index is 12.4. The third-order valence-electron chi connectivity index (χ3n) is 3.48. The molecule has 5 heteroatoms. The largest absolute Gasteiger partial charge is 0.394 e. The molecule has 1 aromatic carbocycles. The van der Waals surface area contributed by atoms with Crippen LogP contribution >= 0.6 is 0 Å². The first-order valence-corrected chi connectivity index (χ1v) is 7.69. The zero-order valence-corrected chi connectivity index (χ0v) is 13.4. The molecule has 0 aliphatic heterocycles. The molecule has 2 aromatic rings. The van der Waals surface area contributed by atoms with Crippen LogP contribution in [0.3, 0.4) is 0 Å². The minimum atomic E-state index is -0.503. The van der Waals surface area contributed by atoms with E-state index in [9.17, 15) is 14.7 Å². The molecule has 0 spiro atoms. The number of carbonyl (C=O) groups excluding carboxylic acids is 1. The van der Waals surface area contributed by atoms with Crippen molar-refractivity contribution in [1.29, 1.82) is 0 Å². The quantitative estimate of drug-likeness (QED) is 0.763. The number of carbonyl (C=O) groups is 1. The molecule has 5 nitrogen and oxygen atoms in total. The summed E-state index contributed by atoms with van der Waals surface area (Å²) in [4.78, 5) is 26.9. The van der Waals surface area contributed by atoms with Gasteiger partial charge in [-0.1, -0.05) is 44.2 Å². The van der Waals surface area contributed by atoms with Crippen molar-refractivity contribution < 1.29 is 9.90 Å². The van der Waals surface area contributed by atoms with Crippen molar-refractivity contribution in [3.8, 4) is 0 Å². The Morgan fingerprint density at radius 3 is 2.52 bits per heavy atom. The third-order valence-corrected chi connectivity index (χ3v) is 3.48. The molecule has 1 unspecified atom stereocenters. The lowest BCUT2D eigenvalue weighted by atomic mass is 10.0. The van der Waals surface area contributed by atoms with E-state index in [1.807, 2.05) is 44.2 Å². The minimum Gasteiger partial charge on any atom is -0.394 e. The second-order valence-corrected chi connectivity index (χ2v) is 5.98. The number of aromatic amines is 1. The fraction of sp³-hybridized carbons (Fsp3) is 0.333. The van der Waals surface area contributed by atoms with Crippen LogP contribution in [0.5, 0.6) is 0 Å². The average Bonchev–Trinajstić information content (AvgIpc) is 2.52. The van der Waals surface area contributed by atoms with Crippen LogP contribution in [0.1, 0.15) is 41.5 Å². The molecule has 122 valence electrons. The van der Waals surface area contributed by atoms with E-state index in [1.54, 1.807) is 6.07 Å². The van der Waals surface area contributed by atoms with Gasteiger partial charge in [-0.15, -0.1) is 0 Å². The Morgan fingerprint density at radius 2 is 1.91 bits per heavy atom. The fourth-order valence-electron chi connectivity index (χ4n) is 2.44. The first-order valence-electron chi connectivity index (χ1n) is 7.69. The van der Waals surface area contributed by atoms with Gasteiger partial charge in [-0.05, 0) is 24.0 Å². The number of pyridine rings is 1. The van der Waals surface area contributed by atoms with Gasteiger partial charge in [-0.3, -0.25) is 9.59 Å². The number of nitrogens with one attached hydrogen (secondary N) is 2. The van der Waals surface area contributed by atoms with Gasteiger partial charge in [0.15, 0.2) is 0 Å². The average molecular weight is 314 g/mol. The first-order chi connectivity index (χ1) is 11.0. The number of aliphatic hydroxyl groups excluding tert-OH is 1. The predicted molar refractivity (Wildman–Crippen MR) is 89.3 cm³/mol. The monoisotopic (exact) mass is 314 g/mol. The number of H-pyrrole nitrogens is 1. The number of hydrogen-bond acceptors (Lipinski definition) is 3. The highest BCUT2D eigenvalue weighted by Crippen LogP contribution is 2.13. The van der Waals surface area contributed by atoms with Crippen molar-refractivity contribution in [1.82, 2.24) is 10.3 Å². The molecule has 0 aliphatic carbocycles. The molecule has 0 saturated carbocycles. The van der Waals surface area contributed by atoms with Crippen LogP contribution in [0.25, 0.3) is 0 Å². The molecule has 1 atom stereocenters. The summed E-state index contributed by atoms with van der Waals surface area (Å²) < 4.78 is 0. The second kappa shape index (κ2) is 7.74. The third kappa shape index (κ3) is 4.79. The first kappa shape index (κ1) is 17.0. The SMILES string of the molecule is CC(C)Cc1cc(C(=O)NC(CO)c2ccccc2)cc(=O)[nH]1. The van der Waals surface area contributed by atoms with Crippen molar-refractivity contribution in [2.45, 2.75) is 26.3 Å². The number of aliphatic hydroxyl groups is 1. The normalized spacial score (nSPS) is 12.2. The van der Waals surface area contributed by atoms with E-state index in [-0.39, 0.29) is 18.1 Å².